The molecule has 0 atom stereocenters. The van der Waals surface area contributed by atoms with Gasteiger partial charge < -0.3 is 15.0 Å². The van der Waals surface area contributed by atoms with Crippen LogP contribution in [-0.4, -0.2) is 48.7 Å². The Balaban J connectivity index is 2.19. The monoisotopic (exact) mass is 281 g/mol. The summed E-state index contributed by atoms with van der Waals surface area (Å²) in [7, 11) is 3.18. The van der Waals surface area contributed by atoms with E-state index in [1.165, 1.54) is 13.4 Å². The first kappa shape index (κ1) is 14.4. The molecule has 2 heterocycles. The Morgan fingerprint density at radius 3 is 2.80 bits per heavy atom. The molecule has 1 N–H and O–H groups in total. The van der Waals surface area contributed by atoms with Gasteiger partial charge >= 0.3 is 5.69 Å². The van der Waals surface area contributed by atoms with Crippen LogP contribution in [0.15, 0.2) is 6.33 Å². The van der Waals surface area contributed by atoms with Crippen LogP contribution in [0.5, 0.6) is 5.88 Å². The number of hydrogen-bond donors (Lipinski definition) is 1. The third-order valence-electron chi connectivity index (χ3n) is 3.50. The number of methoxy groups -OCH3 is 1. The van der Waals surface area contributed by atoms with Crippen LogP contribution < -0.4 is 15.0 Å². The van der Waals surface area contributed by atoms with Gasteiger partial charge in [-0.05, 0) is 31.8 Å². The third-order valence-corrected chi connectivity index (χ3v) is 3.50. The van der Waals surface area contributed by atoms with E-state index in [-0.39, 0.29) is 11.6 Å². The average Bonchev–Trinajstić information content (AvgIpc) is 2.47. The summed E-state index contributed by atoms with van der Waals surface area (Å²) >= 11 is 0. The highest BCUT2D eigenvalue weighted by Gasteiger charge is 2.27. The van der Waals surface area contributed by atoms with Crippen molar-refractivity contribution < 1.29 is 9.66 Å². The summed E-state index contributed by atoms with van der Waals surface area (Å²) in [6.45, 7) is 2.73. The number of ether oxygens (including phenoxy) is 1. The van der Waals surface area contributed by atoms with E-state index in [4.69, 9.17) is 4.74 Å². The van der Waals surface area contributed by atoms with Gasteiger partial charge in [0.05, 0.1) is 12.0 Å². The van der Waals surface area contributed by atoms with E-state index in [0.717, 1.165) is 32.5 Å². The number of aromatic nitrogens is 2. The Labute approximate surface area is 117 Å². The number of nitrogens with zero attached hydrogens (tertiary/aromatic N) is 4. The molecule has 20 heavy (non-hydrogen) atoms. The van der Waals surface area contributed by atoms with Crippen molar-refractivity contribution in [2.45, 2.75) is 12.8 Å². The zero-order valence-electron chi connectivity index (χ0n) is 11.7. The van der Waals surface area contributed by atoms with Crippen molar-refractivity contribution >= 4 is 11.5 Å². The number of nitrogens with one attached hydrogen (secondary N) is 1. The van der Waals surface area contributed by atoms with Crippen LogP contribution in [0.2, 0.25) is 0 Å². The number of rotatable bonds is 5. The molecule has 0 aliphatic carbocycles. The lowest BCUT2D eigenvalue weighted by atomic mass is 9.98. The van der Waals surface area contributed by atoms with Gasteiger partial charge in [-0.3, -0.25) is 10.1 Å². The largest absolute Gasteiger partial charge is 0.476 e. The lowest BCUT2D eigenvalue weighted by Gasteiger charge is -2.27. The molecule has 2 rings (SSSR count). The van der Waals surface area contributed by atoms with Gasteiger partial charge in [-0.25, -0.2) is 4.98 Å². The molecule has 1 aliphatic heterocycles. The SMILES string of the molecule is COc1ncnc(N(C)CC2CCNCC2)c1[N+](=O)[O-]. The predicted molar refractivity (Wildman–Crippen MR) is 74.1 cm³/mol. The summed E-state index contributed by atoms with van der Waals surface area (Å²) in [6.07, 6.45) is 3.43. The lowest BCUT2D eigenvalue weighted by molar-refractivity contribution is -0.385. The fraction of sp³-hybridized carbons (Fsp3) is 0.667. The minimum absolute atomic E-state index is 0.00263. The molecule has 0 bridgehead atoms. The first-order valence-electron chi connectivity index (χ1n) is 6.58. The first-order valence-corrected chi connectivity index (χ1v) is 6.58. The summed E-state index contributed by atoms with van der Waals surface area (Å²) in [5, 5.41) is 14.5. The van der Waals surface area contributed by atoms with Crippen LogP contribution in [0.4, 0.5) is 11.5 Å². The number of hydrogen-bond acceptors (Lipinski definition) is 7. The maximum Gasteiger partial charge on any atom is 0.372 e. The molecule has 0 saturated carbocycles. The maximum atomic E-state index is 11.2. The van der Waals surface area contributed by atoms with E-state index >= 15 is 0 Å². The Bertz CT molecular complexity index is 476. The van der Waals surface area contributed by atoms with Crippen molar-refractivity contribution in [3.8, 4) is 5.88 Å². The Morgan fingerprint density at radius 2 is 2.20 bits per heavy atom. The van der Waals surface area contributed by atoms with Gasteiger partial charge in [-0.15, -0.1) is 0 Å². The highest BCUT2D eigenvalue weighted by atomic mass is 16.6. The van der Waals surface area contributed by atoms with Crippen LogP contribution in [0.25, 0.3) is 0 Å². The quantitative estimate of drug-likeness (QED) is 0.631. The second-order valence-electron chi connectivity index (χ2n) is 4.89. The molecule has 1 saturated heterocycles. The van der Waals surface area contributed by atoms with Gasteiger partial charge in [-0.2, -0.15) is 4.98 Å². The predicted octanol–water partition coefficient (Wildman–Crippen LogP) is 0.829. The summed E-state index contributed by atoms with van der Waals surface area (Å²) in [5.41, 5.74) is -0.175. The van der Waals surface area contributed by atoms with E-state index in [1.54, 1.807) is 0 Å². The molecular formula is C12H19N5O3. The first-order chi connectivity index (χ1) is 9.63. The second kappa shape index (κ2) is 6.47. The van der Waals surface area contributed by atoms with E-state index in [0.29, 0.717) is 11.7 Å². The Morgan fingerprint density at radius 1 is 1.50 bits per heavy atom. The van der Waals surface area contributed by atoms with Crippen LogP contribution in [0, 0.1) is 16.0 Å². The normalized spacial score (nSPS) is 15.9. The Hall–Kier alpha value is -1.96. The molecule has 1 fully saturated rings. The van der Waals surface area contributed by atoms with Crippen LogP contribution >= 0.6 is 0 Å². The van der Waals surface area contributed by atoms with Gasteiger partial charge in [0.1, 0.15) is 6.33 Å². The van der Waals surface area contributed by atoms with Gasteiger partial charge in [0.25, 0.3) is 5.88 Å². The number of piperidine rings is 1. The average molecular weight is 281 g/mol. The summed E-state index contributed by atoms with van der Waals surface area (Å²) < 4.78 is 4.96. The zero-order chi connectivity index (χ0) is 14.5. The molecule has 0 spiro atoms. The van der Waals surface area contributed by atoms with Crippen molar-refractivity contribution in [3.63, 3.8) is 0 Å². The van der Waals surface area contributed by atoms with E-state index in [9.17, 15) is 10.1 Å². The lowest BCUT2D eigenvalue weighted by Crippen LogP contribution is -2.35. The zero-order valence-corrected chi connectivity index (χ0v) is 11.7. The molecule has 0 amide bonds. The van der Waals surface area contributed by atoms with Crippen molar-refractivity contribution in [3.05, 3.63) is 16.4 Å². The second-order valence-corrected chi connectivity index (χ2v) is 4.89. The molecular weight excluding hydrogens is 262 g/mol. The molecule has 0 aromatic carbocycles. The van der Waals surface area contributed by atoms with E-state index < -0.39 is 4.92 Å². The van der Waals surface area contributed by atoms with Gasteiger partial charge in [0.2, 0.25) is 5.82 Å². The standard InChI is InChI=1S/C12H19N5O3/c1-16(7-9-3-5-13-6-4-9)11-10(17(18)19)12(20-2)15-8-14-11/h8-9,13H,3-7H2,1-2H3. The maximum absolute atomic E-state index is 11.2. The highest BCUT2D eigenvalue weighted by molar-refractivity contribution is 5.62. The van der Waals surface area contributed by atoms with Crippen LogP contribution in [0.3, 0.4) is 0 Å². The molecule has 1 aromatic rings. The van der Waals surface area contributed by atoms with Gasteiger partial charge in [-0.1, -0.05) is 0 Å². The molecule has 8 nitrogen and oxygen atoms in total. The van der Waals surface area contributed by atoms with Gasteiger partial charge in [0.15, 0.2) is 0 Å². The fourth-order valence-electron chi connectivity index (χ4n) is 2.48. The van der Waals surface area contributed by atoms with E-state index in [1.807, 2.05) is 11.9 Å². The smallest absolute Gasteiger partial charge is 0.372 e. The van der Waals surface area contributed by atoms with Crippen LogP contribution in [0.1, 0.15) is 12.8 Å². The summed E-state index contributed by atoms with van der Waals surface area (Å²) in [5.74, 6) is 0.819. The van der Waals surface area contributed by atoms with Crippen molar-refractivity contribution in [2.75, 3.05) is 38.7 Å². The molecule has 110 valence electrons. The summed E-state index contributed by atoms with van der Waals surface area (Å²) in [6, 6.07) is 0. The highest BCUT2D eigenvalue weighted by Crippen LogP contribution is 2.33. The van der Waals surface area contributed by atoms with E-state index in [2.05, 4.69) is 15.3 Å². The molecule has 1 aromatic heterocycles. The van der Waals surface area contributed by atoms with Crippen molar-refractivity contribution in [1.82, 2.24) is 15.3 Å². The van der Waals surface area contributed by atoms with Crippen LogP contribution in [-0.2, 0) is 0 Å². The fourth-order valence-corrected chi connectivity index (χ4v) is 2.48. The van der Waals surface area contributed by atoms with Gasteiger partial charge in [0, 0.05) is 13.6 Å². The van der Waals surface area contributed by atoms with Crippen molar-refractivity contribution in [1.29, 1.82) is 0 Å². The number of nitro groups is 1. The minimum atomic E-state index is -0.493. The van der Waals surface area contributed by atoms with Crippen molar-refractivity contribution in [2.24, 2.45) is 5.92 Å². The third kappa shape index (κ3) is 3.13. The molecule has 0 unspecified atom stereocenters. The molecule has 1 aliphatic rings. The number of anilines is 1. The summed E-state index contributed by atoms with van der Waals surface area (Å²) in [4.78, 5) is 20.4. The molecule has 0 radical (unpaired) electrons. The molecule has 8 heteroatoms. The Kier molecular flexibility index (Phi) is 4.67. The minimum Gasteiger partial charge on any atom is -0.476 e. The topological polar surface area (TPSA) is 93.4 Å².